The van der Waals surface area contributed by atoms with Gasteiger partial charge in [0.1, 0.15) is 40.6 Å². The van der Waals surface area contributed by atoms with E-state index in [0.717, 1.165) is 18.3 Å². The highest BCUT2D eigenvalue weighted by Crippen LogP contribution is 2.49. The van der Waals surface area contributed by atoms with Crippen LogP contribution < -0.4 is 20.5 Å². The number of hydrogen-bond acceptors (Lipinski definition) is 8. The number of ether oxygens (including phenoxy) is 2. The molecule has 2 atom stereocenters. The van der Waals surface area contributed by atoms with E-state index in [1.165, 1.54) is 30.4 Å². The Morgan fingerprint density at radius 3 is 2.54 bits per heavy atom. The SMILES string of the molecule is CCOc1cc(C(=O)NC[C@H](c2cc3c(c(-c4ccnc(C(F)(F)F)c4Cl)n2)OC[C@]3(C)C(N)=O)C(F)(F)F)cc2sc(C)nc12. The number of alkyl halides is 6. The van der Waals surface area contributed by atoms with Gasteiger partial charge in [-0.05, 0) is 45.0 Å². The first kappa shape index (κ1) is 33.2. The number of nitrogens with two attached hydrogens (primary N) is 1. The third kappa shape index (κ3) is 6.02. The molecule has 4 aromatic rings. The summed E-state index contributed by atoms with van der Waals surface area (Å²) in [4.78, 5) is 37.3. The smallest absolute Gasteiger partial charge is 0.434 e. The molecule has 2 amide bonds. The van der Waals surface area contributed by atoms with Crippen LogP contribution in [0.4, 0.5) is 26.3 Å². The monoisotopic (exact) mass is 687 g/mol. The largest absolute Gasteiger partial charge is 0.492 e. The first-order valence-corrected chi connectivity index (χ1v) is 14.7. The molecule has 244 valence electrons. The number of primary amides is 1. The third-order valence-corrected chi connectivity index (χ3v) is 8.70. The number of rotatable bonds is 8. The second-order valence-corrected chi connectivity index (χ2v) is 12.2. The molecule has 1 aliphatic rings. The Morgan fingerprint density at radius 2 is 1.91 bits per heavy atom. The molecule has 1 aromatic carbocycles. The van der Waals surface area contributed by atoms with Crippen molar-refractivity contribution in [2.24, 2.45) is 5.73 Å². The summed E-state index contributed by atoms with van der Waals surface area (Å²) in [5.41, 5.74) is 1.18. The lowest BCUT2D eigenvalue weighted by Crippen LogP contribution is -2.40. The summed E-state index contributed by atoms with van der Waals surface area (Å²) in [7, 11) is 0. The van der Waals surface area contributed by atoms with Crippen molar-refractivity contribution in [1.29, 1.82) is 0 Å². The van der Waals surface area contributed by atoms with Crippen molar-refractivity contribution in [1.82, 2.24) is 20.3 Å². The Bertz CT molecular complexity index is 1860. The summed E-state index contributed by atoms with van der Waals surface area (Å²) in [6, 6.07) is 4.84. The van der Waals surface area contributed by atoms with Crippen LogP contribution in [-0.4, -0.2) is 52.7 Å². The number of pyridine rings is 2. The number of aromatic nitrogens is 3. The maximum atomic E-state index is 14.6. The van der Waals surface area contributed by atoms with Crippen molar-refractivity contribution < 1.29 is 45.4 Å². The van der Waals surface area contributed by atoms with Crippen LogP contribution >= 0.6 is 22.9 Å². The van der Waals surface area contributed by atoms with Crippen molar-refractivity contribution in [2.75, 3.05) is 19.8 Å². The Hall–Kier alpha value is -4.18. The third-order valence-electron chi connectivity index (χ3n) is 7.40. The number of carbonyl (C=O) groups is 2. The van der Waals surface area contributed by atoms with Crippen LogP contribution in [0, 0.1) is 6.92 Å². The Morgan fingerprint density at radius 1 is 1.20 bits per heavy atom. The lowest BCUT2D eigenvalue weighted by atomic mass is 9.82. The second kappa shape index (κ2) is 11.9. The summed E-state index contributed by atoms with van der Waals surface area (Å²) in [5, 5.41) is 2.03. The minimum atomic E-state index is -5.03. The number of nitrogens with one attached hydrogen (secondary N) is 1. The van der Waals surface area contributed by atoms with E-state index in [2.05, 4.69) is 20.3 Å². The maximum Gasteiger partial charge on any atom is 0.434 e. The van der Waals surface area contributed by atoms with E-state index in [1.54, 1.807) is 13.8 Å². The first-order valence-electron chi connectivity index (χ1n) is 13.5. The van der Waals surface area contributed by atoms with Crippen molar-refractivity contribution >= 4 is 45.0 Å². The quantitative estimate of drug-likeness (QED) is 0.207. The zero-order valence-corrected chi connectivity index (χ0v) is 25.8. The fourth-order valence-corrected chi connectivity index (χ4v) is 6.18. The summed E-state index contributed by atoms with van der Waals surface area (Å²) in [6.07, 6.45) is -9.26. The van der Waals surface area contributed by atoms with Crippen molar-refractivity contribution in [3.8, 4) is 22.8 Å². The predicted octanol–water partition coefficient (Wildman–Crippen LogP) is 6.34. The van der Waals surface area contributed by atoms with E-state index in [1.807, 2.05) is 0 Å². The summed E-state index contributed by atoms with van der Waals surface area (Å²) >= 11 is 7.34. The molecule has 0 unspecified atom stereocenters. The van der Waals surface area contributed by atoms with Crippen LogP contribution in [0.25, 0.3) is 21.5 Å². The highest BCUT2D eigenvalue weighted by Gasteiger charge is 2.48. The van der Waals surface area contributed by atoms with Crippen molar-refractivity contribution in [3.63, 3.8) is 0 Å². The van der Waals surface area contributed by atoms with Gasteiger partial charge in [0.15, 0.2) is 5.69 Å². The Kier molecular flexibility index (Phi) is 8.57. The highest BCUT2D eigenvalue weighted by molar-refractivity contribution is 7.18. The standard InChI is InChI=1S/C29H24ClF6N5O4S/c1-4-44-18-7-13(8-19-22(18)40-12(2)46-19)25(42)39-10-16(28(31,32)33)17-9-15-23(45-11-27(15,3)26(37)43)21(41-17)14-5-6-38-24(20(14)30)29(34,35)36/h5-9,16H,4,10-11H2,1-3H3,(H2,37,43)(H,39,42)/t16-,27+/m1/s1. The molecular formula is C29H24ClF6N5O4S. The van der Waals surface area contributed by atoms with Crippen LogP contribution in [0.1, 0.15) is 52.1 Å². The molecule has 4 heterocycles. The number of hydrogen-bond donors (Lipinski definition) is 2. The number of fused-ring (bicyclic) bond motifs is 2. The molecule has 0 saturated heterocycles. The average Bonchev–Trinajstić information content (AvgIpc) is 3.51. The molecule has 9 nitrogen and oxygen atoms in total. The fraction of sp³-hybridized carbons (Fsp3) is 0.345. The molecule has 0 bridgehead atoms. The van der Waals surface area contributed by atoms with E-state index in [-0.39, 0.29) is 29.2 Å². The lowest BCUT2D eigenvalue weighted by Gasteiger charge is -2.24. The molecule has 3 N–H and O–H groups in total. The zero-order valence-electron chi connectivity index (χ0n) is 24.2. The van der Waals surface area contributed by atoms with E-state index in [0.29, 0.717) is 15.2 Å². The molecule has 0 fully saturated rings. The van der Waals surface area contributed by atoms with Gasteiger partial charge >= 0.3 is 12.4 Å². The van der Waals surface area contributed by atoms with E-state index in [9.17, 15) is 35.9 Å². The molecule has 5 rings (SSSR count). The number of nitrogens with zero attached hydrogens (tertiary/aromatic N) is 3. The van der Waals surface area contributed by atoms with Crippen LogP contribution in [-0.2, 0) is 16.4 Å². The van der Waals surface area contributed by atoms with Gasteiger partial charge < -0.3 is 20.5 Å². The molecule has 0 aliphatic carbocycles. The molecule has 0 radical (unpaired) electrons. The van der Waals surface area contributed by atoms with Crippen LogP contribution in [0.3, 0.4) is 0 Å². The second-order valence-electron chi connectivity index (χ2n) is 10.6. The van der Waals surface area contributed by atoms with E-state index in [4.69, 9.17) is 26.8 Å². The van der Waals surface area contributed by atoms with Gasteiger partial charge in [0, 0.05) is 29.4 Å². The van der Waals surface area contributed by atoms with Crippen LogP contribution in [0.5, 0.6) is 11.5 Å². The zero-order chi connectivity index (χ0) is 33.8. The summed E-state index contributed by atoms with van der Waals surface area (Å²) in [6.45, 7) is 3.61. The number of thiazole rings is 1. The van der Waals surface area contributed by atoms with Crippen molar-refractivity contribution in [2.45, 2.75) is 44.5 Å². The molecule has 17 heteroatoms. The van der Waals surface area contributed by atoms with Gasteiger partial charge in [-0.25, -0.2) is 9.97 Å². The molecule has 0 spiro atoms. The van der Waals surface area contributed by atoms with Gasteiger partial charge in [0.25, 0.3) is 5.91 Å². The maximum absolute atomic E-state index is 14.6. The molecule has 0 saturated carbocycles. The topological polar surface area (TPSA) is 129 Å². The number of carbonyl (C=O) groups excluding carboxylic acids is 2. The molecule has 1 aliphatic heterocycles. The Balaban J connectivity index is 1.59. The fourth-order valence-electron chi connectivity index (χ4n) is 4.98. The minimum absolute atomic E-state index is 0.0149. The predicted molar refractivity (Wildman–Crippen MR) is 156 cm³/mol. The molecular weight excluding hydrogens is 664 g/mol. The van der Waals surface area contributed by atoms with Gasteiger partial charge in [0.2, 0.25) is 5.91 Å². The van der Waals surface area contributed by atoms with Crippen LogP contribution in [0.2, 0.25) is 5.02 Å². The van der Waals surface area contributed by atoms with Crippen molar-refractivity contribution in [3.05, 3.63) is 63.0 Å². The molecule has 3 aromatic heterocycles. The average molecular weight is 688 g/mol. The van der Waals surface area contributed by atoms with E-state index < -0.39 is 76.3 Å². The van der Waals surface area contributed by atoms with Crippen LogP contribution in [0.15, 0.2) is 30.5 Å². The minimum Gasteiger partial charge on any atom is -0.492 e. The van der Waals surface area contributed by atoms with Gasteiger partial charge in [0.05, 0.1) is 27.0 Å². The van der Waals surface area contributed by atoms with Gasteiger partial charge in [-0.2, -0.15) is 26.3 Å². The first-order chi connectivity index (χ1) is 21.5. The van der Waals surface area contributed by atoms with Gasteiger partial charge in [-0.3, -0.25) is 14.6 Å². The summed E-state index contributed by atoms with van der Waals surface area (Å²) in [5.74, 6) is -4.27. The highest BCUT2D eigenvalue weighted by atomic mass is 35.5. The normalized spacial score (nSPS) is 17.0. The van der Waals surface area contributed by atoms with E-state index >= 15 is 0 Å². The number of amides is 2. The number of halogens is 7. The van der Waals surface area contributed by atoms with Gasteiger partial charge in [-0.15, -0.1) is 11.3 Å². The summed E-state index contributed by atoms with van der Waals surface area (Å²) < 4.78 is 96.6. The number of aryl methyl sites for hydroxylation is 1. The lowest BCUT2D eigenvalue weighted by molar-refractivity contribution is -0.149. The number of benzene rings is 1. The Labute approximate surface area is 266 Å². The molecule has 46 heavy (non-hydrogen) atoms. The van der Waals surface area contributed by atoms with Gasteiger partial charge in [-0.1, -0.05) is 11.6 Å².